The van der Waals surface area contributed by atoms with Crippen molar-refractivity contribution in [3.63, 3.8) is 0 Å². The molecule has 0 aromatic carbocycles. The normalized spacial score (nSPS) is 28.4. The first-order valence-corrected chi connectivity index (χ1v) is 7.30. The molecule has 0 bridgehead atoms. The van der Waals surface area contributed by atoms with E-state index in [-0.39, 0.29) is 5.60 Å². The van der Waals surface area contributed by atoms with Gasteiger partial charge in [0, 0.05) is 25.8 Å². The highest BCUT2D eigenvalue weighted by molar-refractivity contribution is 4.91. The lowest BCUT2D eigenvalue weighted by atomic mass is 9.78. The summed E-state index contributed by atoms with van der Waals surface area (Å²) in [7, 11) is 0. The molecule has 17 heavy (non-hydrogen) atoms. The monoisotopic (exact) mass is 241 g/mol. The molecule has 1 aliphatic carbocycles. The summed E-state index contributed by atoms with van der Waals surface area (Å²) < 4.78 is 11.5. The lowest BCUT2D eigenvalue weighted by Crippen LogP contribution is -2.48. The first kappa shape index (κ1) is 13.3. The van der Waals surface area contributed by atoms with Gasteiger partial charge in [-0.05, 0) is 32.6 Å². The molecular weight excluding hydrogens is 214 g/mol. The highest BCUT2D eigenvalue weighted by atomic mass is 16.5. The summed E-state index contributed by atoms with van der Waals surface area (Å²) in [6, 6.07) is 0.641. The molecule has 100 valence electrons. The Morgan fingerprint density at radius 2 is 2.12 bits per heavy atom. The molecule has 1 saturated heterocycles. The summed E-state index contributed by atoms with van der Waals surface area (Å²) in [5.74, 6) is 0. The van der Waals surface area contributed by atoms with E-state index >= 15 is 0 Å². The van der Waals surface area contributed by atoms with Crippen LogP contribution >= 0.6 is 0 Å². The molecule has 1 unspecified atom stereocenters. The lowest BCUT2D eigenvalue weighted by Gasteiger charge is -2.43. The highest BCUT2D eigenvalue weighted by Crippen LogP contribution is 2.38. The van der Waals surface area contributed by atoms with Crippen LogP contribution in [0.4, 0.5) is 0 Å². The number of nitrogens with one attached hydrogen (secondary N) is 1. The fraction of sp³-hybridized carbons (Fsp3) is 1.00. The van der Waals surface area contributed by atoms with Gasteiger partial charge in [-0.15, -0.1) is 0 Å². The van der Waals surface area contributed by atoms with Crippen molar-refractivity contribution in [2.75, 3.05) is 26.4 Å². The standard InChI is InChI=1S/C14H27NO2/c1-2-16-11-9-15-13-6-10-17-14(12-13)7-4-3-5-8-14/h13,15H,2-12H2,1H3. The predicted molar refractivity (Wildman–Crippen MR) is 69.3 cm³/mol. The van der Waals surface area contributed by atoms with E-state index in [4.69, 9.17) is 9.47 Å². The zero-order valence-electron chi connectivity index (χ0n) is 11.2. The topological polar surface area (TPSA) is 30.5 Å². The van der Waals surface area contributed by atoms with Gasteiger partial charge in [-0.25, -0.2) is 0 Å². The highest BCUT2D eigenvalue weighted by Gasteiger charge is 2.38. The molecule has 0 radical (unpaired) electrons. The molecule has 3 heteroatoms. The molecule has 2 aliphatic rings. The largest absolute Gasteiger partial charge is 0.380 e. The molecule has 1 N–H and O–H groups in total. The van der Waals surface area contributed by atoms with Crippen molar-refractivity contribution in [3.8, 4) is 0 Å². The second-order valence-electron chi connectivity index (χ2n) is 5.43. The van der Waals surface area contributed by atoms with Gasteiger partial charge in [0.1, 0.15) is 0 Å². The van der Waals surface area contributed by atoms with Crippen LogP contribution in [0.2, 0.25) is 0 Å². The van der Waals surface area contributed by atoms with Crippen LogP contribution in [0, 0.1) is 0 Å². The Kier molecular flexibility index (Phi) is 5.26. The number of hydrogen-bond donors (Lipinski definition) is 1. The fourth-order valence-corrected chi connectivity index (χ4v) is 3.23. The second-order valence-corrected chi connectivity index (χ2v) is 5.43. The summed E-state index contributed by atoms with van der Waals surface area (Å²) in [4.78, 5) is 0. The van der Waals surface area contributed by atoms with Crippen LogP contribution < -0.4 is 5.32 Å². The molecule has 1 spiro atoms. The van der Waals surface area contributed by atoms with E-state index < -0.39 is 0 Å². The molecule has 3 nitrogen and oxygen atoms in total. The third-order valence-corrected chi connectivity index (χ3v) is 4.14. The maximum absolute atomic E-state index is 6.09. The van der Waals surface area contributed by atoms with Crippen molar-refractivity contribution in [3.05, 3.63) is 0 Å². The van der Waals surface area contributed by atoms with E-state index in [1.54, 1.807) is 0 Å². The SMILES string of the molecule is CCOCCNC1CCOC2(CCCCC2)C1. The molecule has 1 aliphatic heterocycles. The van der Waals surface area contributed by atoms with Gasteiger partial charge in [-0.2, -0.15) is 0 Å². The van der Waals surface area contributed by atoms with Crippen molar-refractivity contribution >= 4 is 0 Å². The smallest absolute Gasteiger partial charge is 0.0697 e. The van der Waals surface area contributed by atoms with Crippen molar-refractivity contribution in [2.45, 2.75) is 63.5 Å². The molecule has 2 fully saturated rings. The zero-order valence-corrected chi connectivity index (χ0v) is 11.2. The van der Waals surface area contributed by atoms with Crippen molar-refractivity contribution < 1.29 is 9.47 Å². The average Bonchev–Trinajstić information content (AvgIpc) is 2.36. The van der Waals surface area contributed by atoms with Crippen LogP contribution in [0.3, 0.4) is 0 Å². The van der Waals surface area contributed by atoms with E-state index in [0.29, 0.717) is 6.04 Å². The summed E-state index contributed by atoms with van der Waals surface area (Å²) >= 11 is 0. The van der Waals surface area contributed by atoms with Crippen molar-refractivity contribution in [1.29, 1.82) is 0 Å². The summed E-state index contributed by atoms with van der Waals surface area (Å²) in [5.41, 5.74) is 0.222. The van der Waals surface area contributed by atoms with E-state index in [1.165, 1.54) is 38.5 Å². The molecule has 0 aromatic rings. The van der Waals surface area contributed by atoms with Crippen LogP contribution in [-0.4, -0.2) is 38.0 Å². The van der Waals surface area contributed by atoms with Crippen LogP contribution in [-0.2, 0) is 9.47 Å². The maximum Gasteiger partial charge on any atom is 0.0697 e. The Balaban J connectivity index is 1.72. The van der Waals surface area contributed by atoms with E-state index in [9.17, 15) is 0 Å². The average molecular weight is 241 g/mol. The predicted octanol–water partition coefficient (Wildman–Crippen LogP) is 2.49. The molecule has 1 heterocycles. The molecular formula is C14H27NO2. The van der Waals surface area contributed by atoms with E-state index in [0.717, 1.165) is 32.8 Å². The van der Waals surface area contributed by atoms with Crippen LogP contribution in [0.5, 0.6) is 0 Å². The Bertz CT molecular complexity index is 209. The van der Waals surface area contributed by atoms with Gasteiger partial charge in [-0.1, -0.05) is 19.3 Å². The zero-order chi connectivity index (χ0) is 12.0. The Labute approximate surface area is 105 Å². The third kappa shape index (κ3) is 3.94. The molecule has 2 rings (SSSR count). The quantitative estimate of drug-likeness (QED) is 0.750. The van der Waals surface area contributed by atoms with Gasteiger partial charge in [-0.3, -0.25) is 0 Å². The Morgan fingerprint density at radius 1 is 1.29 bits per heavy atom. The van der Waals surface area contributed by atoms with Gasteiger partial charge in [0.15, 0.2) is 0 Å². The molecule has 0 aromatic heterocycles. The molecule has 1 atom stereocenters. The Morgan fingerprint density at radius 3 is 2.88 bits per heavy atom. The van der Waals surface area contributed by atoms with Gasteiger partial charge in [0.2, 0.25) is 0 Å². The van der Waals surface area contributed by atoms with Crippen LogP contribution in [0.1, 0.15) is 51.9 Å². The molecule has 1 saturated carbocycles. The summed E-state index contributed by atoms with van der Waals surface area (Å²) in [6.07, 6.45) is 9.02. The lowest BCUT2D eigenvalue weighted by molar-refractivity contribution is -0.109. The third-order valence-electron chi connectivity index (χ3n) is 4.14. The minimum Gasteiger partial charge on any atom is -0.380 e. The Hall–Kier alpha value is -0.120. The van der Waals surface area contributed by atoms with Crippen LogP contribution in [0.15, 0.2) is 0 Å². The van der Waals surface area contributed by atoms with Crippen molar-refractivity contribution in [2.24, 2.45) is 0 Å². The first-order chi connectivity index (χ1) is 8.35. The minimum absolute atomic E-state index is 0.222. The summed E-state index contributed by atoms with van der Waals surface area (Å²) in [5, 5.41) is 3.62. The van der Waals surface area contributed by atoms with Gasteiger partial charge >= 0.3 is 0 Å². The van der Waals surface area contributed by atoms with Crippen LogP contribution in [0.25, 0.3) is 0 Å². The van der Waals surface area contributed by atoms with E-state index in [1.807, 2.05) is 6.92 Å². The fourth-order valence-electron chi connectivity index (χ4n) is 3.23. The second kappa shape index (κ2) is 6.72. The van der Waals surface area contributed by atoms with E-state index in [2.05, 4.69) is 5.32 Å². The minimum atomic E-state index is 0.222. The number of ether oxygens (including phenoxy) is 2. The molecule has 0 amide bonds. The van der Waals surface area contributed by atoms with Crippen molar-refractivity contribution in [1.82, 2.24) is 5.32 Å². The first-order valence-electron chi connectivity index (χ1n) is 7.30. The van der Waals surface area contributed by atoms with Gasteiger partial charge < -0.3 is 14.8 Å². The number of rotatable bonds is 5. The van der Waals surface area contributed by atoms with Gasteiger partial charge in [0.05, 0.1) is 12.2 Å². The summed E-state index contributed by atoms with van der Waals surface area (Å²) in [6.45, 7) is 5.62. The number of hydrogen-bond acceptors (Lipinski definition) is 3. The maximum atomic E-state index is 6.09. The van der Waals surface area contributed by atoms with Gasteiger partial charge in [0.25, 0.3) is 0 Å².